The lowest BCUT2D eigenvalue weighted by Crippen LogP contribution is -2.29. The summed E-state index contributed by atoms with van der Waals surface area (Å²) in [5.41, 5.74) is 8.96. The number of hydrogen-bond donors (Lipinski definition) is 1. The number of nitrogens with two attached hydrogens (primary N) is 1. The molecule has 2 N–H and O–H groups in total. The summed E-state index contributed by atoms with van der Waals surface area (Å²) in [5.74, 6) is 0. The highest BCUT2D eigenvalue weighted by Crippen LogP contribution is 2.35. The van der Waals surface area contributed by atoms with Gasteiger partial charge in [0.2, 0.25) is 0 Å². The number of nitrogens with zero attached hydrogens (tertiary/aromatic N) is 1. The topological polar surface area (TPSA) is 29.3 Å². The fourth-order valence-electron chi connectivity index (χ4n) is 2.50. The number of para-hydroxylation sites is 1. The van der Waals surface area contributed by atoms with Crippen LogP contribution in [0.4, 0.5) is 5.69 Å². The van der Waals surface area contributed by atoms with Crippen LogP contribution in [0.25, 0.3) is 0 Å². The van der Waals surface area contributed by atoms with Crippen LogP contribution in [0.2, 0.25) is 0 Å². The third-order valence-corrected chi connectivity index (χ3v) is 3.83. The van der Waals surface area contributed by atoms with E-state index in [1.807, 2.05) is 0 Å². The van der Waals surface area contributed by atoms with Crippen molar-refractivity contribution in [1.82, 2.24) is 0 Å². The van der Waals surface area contributed by atoms with E-state index in [4.69, 9.17) is 5.73 Å². The molecule has 1 fully saturated rings. The first-order chi connectivity index (χ1) is 8.77. The molecule has 1 aromatic rings. The van der Waals surface area contributed by atoms with Crippen molar-refractivity contribution in [3.8, 4) is 0 Å². The number of anilines is 1. The number of rotatable bonds is 7. The second kappa shape index (κ2) is 6.24. The Hall–Kier alpha value is -1.02. The molecule has 0 saturated heterocycles. The van der Waals surface area contributed by atoms with E-state index in [9.17, 15) is 0 Å². The summed E-state index contributed by atoms with van der Waals surface area (Å²) in [6.45, 7) is 5.60. The van der Waals surface area contributed by atoms with Crippen LogP contribution in [0.5, 0.6) is 0 Å². The zero-order valence-electron chi connectivity index (χ0n) is 11.7. The van der Waals surface area contributed by atoms with E-state index >= 15 is 0 Å². The van der Waals surface area contributed by atoms with Gasteiger partial charge in [0.1, 0.15) is 0 Å². The van der Waals surface area contributed by atoms with Gasteiger partial charge in [0, 0.05) is 24.3 Å². The van der Waals surface area contributed by atoms with Crippen LogP contribution in [0.3, 0.4) is 0 Å². The van der Waals surface area contributed by atoms with Crippen molar-refractivity contribution >= 4 is 5.69 Å². The Morgan fingerprint density at radius 2 is 2.00 bits per heavy atom. The first kappa shape index (κ1) is 13.4. The lowest BCUT2D eigenvalue weighted by molar-refractivity contribution is 0.673. The fraction of sp³-hybridized carbons (Fsp3) is 0.625. The summed E-state index contributed by atoms with van der Waals surface area (Å²) in [6.07, 6.45) is 6.22. The Morgan fingerprint density at radius 1 is 1.28 bits per heavy atom. The monoisotopic (exact) mass is 246 g/mol. The van der Waals surface area contributed by atoms with Gasteiger partial charge in [-0.3, -0.25) is 0 Å². The molecule has 1 atom stereocenters. The number of benzene rings is 1. The minimum atomic E-state index is 0.170. The van der Waals surface area contributed by atoms with Crippen molar-refractivity contribution in [1.29, 1.82) is 0 Å². The third kappa shape index (κ3) is 3.05. The quantitative estimate of drug-likeness (QED) is 0.791. The largest absolute Gasteiger partial charge is 0.368 e. The summed E-state index contributed by atoms with van der Waals surface area (Å²) in [6, 6.07) is 9.64. The van der Waals surface area contributed by atoms with Crippen LogP contribution >= 0.6 is 0 Å². The third-order valence-electron chi connectivity index (χ3n) is 3.83. The molecule has 1 aromatic carbocycles. The molecule has 0 heterocycles. The zero-order valence-corrected chi connectivity index (χ0v) is 11.7. The molecular weight excluding hydrogens is 220 g/mol. The highest BCUT2D eigenvalue weighted by molar-refractivity contribution is 5.56. The van der Waals surface area contributed by atoms with Gasteiger partial charge in [-0.2, -0.15) is 0 Å². The summed E-state index contributed by atoms with van der Waals surface area (Å²) >= 11 is 0. The van der Waals surface area contributed by atoms with E-state index < -0.39 is 0 Å². The molecule has 0 unspecified atom stereocenters. The Balaban J connectivity index is 2.22. The minimum Gasteiger partial charge on any atom is -0.368 e. The Kier molecular flexibility index (Phi) is 4.65. The van der Waals surface area contributed by atoms with Crippen LogP contribution in [0.1, 0.15) is 57.6 Å². The minimum absolute atomic E-state index is 0.170. The predicted molar refractivity (Wildman–Crippen MR) is 78.9 cm³/mol. The second-order valence-corrected chi connectivity index (χ2v) is 5.35. The molecule has 1 aliphatic rings. The van der Waals surface area contributed by atoms with Crippen LogP contribution in [0.15, 0.2) is 24.3 Å². The molecule has 2 nitrogen and oxygen atoms in total. The molecule has 0 radical (unpaired) electrons. The molecule has 2 rings (SSSR count). The molecule has 0 bridgehead atoms. The Bertz CT molecular complexity index is 371. The van der Waals surface area contributed by atoms with Gasteiger partial charge in [0.15, 0.2) is 0 Å². The van der Waals surface area contributed by atoms with E-state index in [1.54, 1.807) is 0 Å². The van der Waals surface area contributed by atoms with E-state index in [1.165, 1.54) is 43.5 Å². The zero-order chi connectivity index (χ0) is 13.0. The van der Waals surface area contributed by atoms with Gasteiger partial charge in [-0.05, 0) is 37.3 Å². The first-order valence-corrected chi connectivity index (χ1v) is 7.39. The molecule has 1 saturated carbocycles. The van der Waals surface area contributed by atoms with E-state index in [2.05, 4.69) is 43.0 Å². The summed E-state index contributed by atoms with van der Waals surface area (Å²) in [7, 11) is 0. The van der Waals surface area contributed by atoms with E-state index in [0.717, 1.165) is 12.5 Å². The predicted octanol–water partition coefficient (Wildman–Crippen LogP) is 3.87. The lowest BCUT2D eigenvalue weighted by Gasteiger charge is -2.28. The normalized spacial score (nSPS) is 16.6. The maximum atomic E-state index is 6.26. The maximum Gasteiger partial charge on any atom is 0.0417 e. The maximum absolute atomic E-state index is 6.26. The van der Waals surface area contributed by atoms with Crippen molar-refractivity contribution < 1.29 is 0 Å². The molecule has 0 aromatic heterocycles. The number of hydrogen-bond acceptors (Lipinski definition) is 2. The molecule has 100 valence electrons. The summed E-state index contributed by atoms with van der Waals surface area (Å²) < 4.78 is 0. The molecule has 2 heteroatoms. The Morgan fingerprint density at radius 3 is 2.61 bits per heavy atom. The van der Waals surface area contributed by atoms with Crippen molar-refractivity contribution in [3.05, 3.63) is 29.8 Å². The van der Waals surface area contributed by atoms with Gasteiger partial charge in [-0.15, -0.1) is 0 Å². The standard InChI is InChI=1S/C16H26N2/c1-3-5-12-18(13-10-11-13)16-9-7-6-8-14(16)15(17)4-2/h6-9,13,15H,3-5,10-12,17H2,1-2H3/t15-/m0/s1. The van der Waals surface area contributed by atoms with Crippen LogP contribution < -0.4 is 10.6 Å². The van der Waals surface area contributed by atoms with Gasteiger partial charge in [0.25, 0.3) is 0 Å². The van der Waals surface area contributed by atoms with Gasteiger partial charge >= 0.3 is 0 Å². The second-order valence-electron chi connectivity index (χ2n) is 5.35. The molecule has 0 amide bonds. The van der Waals surface area contributed by atoms with Crippen molar-refractivity contribution in [3.63, 3.8) is 0 Å². The average molecular weight is 246 g/mol. The lowest BCUT2D eigenvalue weighted by atomic mass is 10.0. The molecular formula is C16H26N2. The van der Waals surface area contributed by atoms with Gasteiger partial charge in [0.05, 0.1) is 0 Å². The molecule has 18 heavy (non-hydrogen) atoms. The van der Waals surface area contributed by atoms with Crippen molar-refractivity contribution in [2.45, 2.75) is 58.0 Å². The van der Waals surface area contributed by atoms with Gasteiger partial charge < -0.3 is 10.6 Å². The Labute approximate surface area is 111 Å². The van der Waals surface area contributed by atoms with Crippen molar-refractivity contribution in [2.24, 2.45) is 5.73 Å². The van der Waals surface area contributed by atoms with Crippen LogP contribution in [-0.4, -0.2) is 12.6 Å². The SMILES string of the molecule is CCCCN(c1ccccc1[C@@H](N)CC)C1CC1. The summed E-state index contributed by atoms with van der Waals surface area (Å²) in [5, 5.41) is 0. The van der Waals surface area contributed by atoms with Crippen LogP contribution in [-0.2, 0) is 0 Å². The number of unbranched alkanes of at least 4 members (excludes halogenated alkanes) is 1. The average Bonchev–Trinajstić information content (AvgIpc) is 3.23. The molecule has 1 aliphatic carbocycles. The smallest absolute Gasteiger partial charge is 0.0417 e. The highest BCUT2D eigenvalue weighted by atomic mass is 15.2. The first-order valence-electron chi connectivity index (χ1n) is 7.39. The fourth-order valence-corrected chi connectivity index (χ4v) is 2.50. The van der Waals surface area contributed by atoms with Crippen LogP contribution in [0, 0.1) is 0 Å². The molecule has 0 spiro atoms. The summed E-state index contributed by atoms with van der Waals surface area (Å²) in [4.78, 5) is 2.59. The molecule has 0 aliphatic heterocycles. The van der Waals surface area contributed by atoms with Gasteiger partial charge in [-0.25, -0.2) is 0 Å². The highest BCUT2D eigenvalue weighted by Gasteiger charge is 2.30. The van der Waals surface area contributed by atoms with E-state index in [0.29, 0.717) is 0 Å². The van der Waals surface area contributed by atoms with Gasteiger partial charge in [-0.1, -0.05) is 38.5 Å². The van der Waals surface area contributed by atoms with Crippen molar-refractivity contribution in [2.75, 3.05) is 11.4 Å². The van der Waals surface area contributed by atoms with E-state index in [-0.39, 0.29) is 6.04 Å².